The van der Waals surface area contributed by atoms with Gasteiger partial charge in [0.05, 0.1) is 16.8 Å². The summed E-state index contributed by atoms with van der Waals surface area (Å²) in [6.45, 7) is 0.460. The lowest BCUT2D eigenvalue weighted by Gasteiger charge is -2.24. The molecule has 35 heavy (non-hydrogen) atoms. The second kappa shape index (κ2) is 9.19. The molecule has 0 bridgehead atoms. The Kier molecular flexibility index (Phi) is 6.43. The molecule has 0 amide bonds. The number of rotatable bonds is 4. The minimum Gasteiger partial charge on any atom is -0.355 e. The highest BCUT2D eigenvalue weighted by Crippen LogP contribution is 2.36. The lowest BCUT2D eigenvalue weighted by atomic mass is 10.1. The van der Waals surface area contributed by atoms with Gasteiger partial charge in [-0.25, -0.2) is 15.0 Å². The Labute approximate surface area is 196 Å². The SMILES string of the molecule is CN(C)c1nc2c(c(Nc3ccc(C(F)(F)F)cn3)n1)CCN(c1ncccc1C(F)(F)F)CC2. The van der Waals surface area contributed by atoms with Crippen LogP contribution in [-0.2, 0) is 25.2 Å². The Morgan fingerprint density at radius 3 is 2.29 bits per heavy atom. The second-order valence-electron chi connectivity index (χ2n) is 8.11. The maximum atomic E-state index is 13.5. The van der Waals surface area contributed by atoms with Gasteiger partial charge in [-0.05, 0) is 30.7 Å². The summed E-state index contributed by atoms with van der Waals surface area (Å²) in [6.07, 6.45) is -6.42. The van der Waals surface area contributed by atoms with Crippen molar-refractivity contribution in [1.29, 1.82) is 0 Å². The Bertz CT molecular complexity index is 1190. The normalized spacial score (nSPS) is 14.3. The summed E-state index contributed by atoms with van der Waals surface area (Å²) < 4.78 is 79.2. The van der Waals surface area contributed by atoms with Gasteiger partial charge in [0, 0.05) is 51.6 Å². The smallest absolute Gasteiger partial charge is 0.355 e. The Hall–Kier alpha value is -3.64. The molecule has 1 N–H and O–H groups in total. The predicted molar refractivity (Wildman–Crippen MR) is 118 cm³/mol. The number of pyridine rings is 2. The highest BCUT2D eigenvalue weighted by atomic mass is 19.4. The summed E-state index contributed by atoms with van der Waals surface area (Å²) in [4.78, 5) is 20.1. The first kappa shape index (κ1) is 24.5. The number of nitrogens with zero attached hydrogens (tertiary/aromatic N) is 6. The monoisotopic (exact) mass is 497 g/mol. The molecule has 0 unspecified atom stereocenters. The highest BCUT2D eigenvalue weighted by molar-refractivity contribution is 5.61. The first-order valence-electron chi connectivity index (χ1n) is 10.6. The van der Waals surface area contributed by atoms with Crippen LogP contribution in [0.3, 0.4) is 0 Å². The largest absolute Gasteiger partial charge is 0.419 e. The number of hydrogen-bond acceptors (Lipinski definition) is 7. The molecule has 0 aliphatic carbocycles. The highest BCUT2D eigenvalue weighted by Gasteiger charge is 2.36. The summed E-state index contributed by atoms with van der Waals surface area (Å²) in [5, 5.41) is 2.95. The molecule has 0 atom stereocenters. The van der Waals surface area contributed by atoms with E-state index < -0.39 is 23.5 Å². The van der Waals surface area contributed by atoms with E-state index in [0.717, 1.165) is 18.3 Å². The van der Waals surface area contributed by atoms with Crippen LogP contribution in [0.1, 0.15) is 22.4 Å². The third-order valence-corrected chi connectivity index (χ3v) is 5.46. The number of fused-ring (bicyclic) bond motifs is 1. The minimum absolute atomic E-state index is 0.147. The fourth-order valence-electron chi connectivity index (χ4n) is 3.73. The lowest BCUT2D eigenvalue weighted by Crippen LogP contribution is -2.29. The molecule has 0 aromatic carbocycles. The van der Waals surface area contributed by atoms with Crippen molar-refractivity contribution in [3.63, 3.8) is 0 Å². The summed E-state index contributed by atoms with van der Waals surface area (Å²) in [5.74, 6) is 0.673. The van der Waals surface area contributed by atoms with Crippen LogP contribution in [0.25, 0.3) is 0 Å². The van der Waals surface area contributed by atoms with E-state index in [4.69, 9.17) is 0 Å². The average molecular weight is 497 g/mol. The van der Waals surface area contributed by atoms with Crippen LogP contribution in [0.2, 0.25) is 0 Å². The van der Waals surface area contributed by atoms with Gasteiger partial charge in [-0.15, -0.1) is 0 Å². The van der Waals surface area contributed by atoms with E-state index in [2.05, 4.69) is 25.3 Å². The number of hydrogen-bond donors (Lipinski definition) is 1. The van der Waals surface area contributed by atoms with Gasteiger partial charge in [-0.3, -0.25) is 0 Å². The van der Waals surface area contributed by atoms with E-state index in [1.165, 1.54) is 18.3 Å². The van der Waals surface area contributed by atoms with Crippen LogP contribution >= 0.6 is 0 Å². The third-order valence-electron chi connectivity index (χ3n) is 5.46. The van der Waals surface area contributed by atoms with Crippen LogP contribution in [0.15, 0.2) is 36.7 Å². The molecule has 4 rings (SSSR count). The van der Waals surface area contributed by atoms with E-state index in [-0.39, 0.29) is 24.7 Å². The summed E-state index contributed by atoms with van der Waals surface area (Å²) >= 11 is 0. The average Bonchev–Trinajstić information content (AvgIpc) is 3.01. The number of alkyl halides is 6. The topological polar surface area (TPSA) is 70.1 Å². The summed E-state index contributed by atoms with van der Waals surface area (Å²) in [6, 6.07) is 4.34. The van der Waals surface area contributed by atoms with Crippen molar-refractivity contribution in [2.24, 2.45) is 0 Å². The van der Waals surface area contributed by atoms with E-state index >= 15 is 0 Å². The van der Waals surface area contributed by atoms with Crippen molar-refractivity contribution in [3.05, 3.63) is 59.0 Å². The fraction of sp³-hybridized carbons (Fsp3) is 0.364. The van der Waals surface area contributed by atoms with Gasteiger partial charge in [-0.1, -0.05) is 0 Å². The number of aromatic nitrogens is 4. The maximum absolute atomic E-state index is 13.5. The fourth-order valence-corrected chi connectivity index (χ4v) is 3.73. The molecule has 0 spiro atoms. The van der Waals surface area contributed by atoms with Crippen LogP contribution < -0.4 is 15.1 Å². The van der Waals surface area contributed by atoms with Crippen molar-refractivity contribution in [2.75, 3.05) is 42.3 Å². The van der Waals surface area contributed by atoms with Crippen molar-refractivity contribution >= 4 is 23.4 Å². The van der Waals surface area contributed by atoms with Gasteiger partial charge in [0.1, 0.15) is 17.5 Å². The van der Waals surface area contributed by atoms with Crippen LogP contribution in [0.5, 0.6) is 0 Å². The maximum Gasteiger partial charge on any atom is 0.419 e. The Morgan fingerprint density at radius 1 is 0.914 bits per heavy atom. The zero-order valence-electron chi connectivity index (χ0n) is 18.7. The molecule has 3 aromatic heterocycles. The minimum atomic E-state index is -4.55. The van der Waals surface area contributed by atoms with E-state index in [9.17, 15) is 26.3 Å². The van der Waals surface area contributed by atoms with Gasteiger partial charge < -0.3 is 15.1 Å². The molecule has 1 aliphatic rings. The molecular weight excluding hydrogens is 476 g/mol. The molecule has 13 heteroatoms. The van der Waals surface area contributed by atoms with E-state index in [1.54, 1.807) is 23.9 Å². The van der Waals surface area contributed by atoms with Crippen LogP contribution in [-0.4, -0.2) is 47.1 Å². The molecule has 0 saturated heterocycles. The number of nitrogens with one attached hydrogen (secondary N) is 1. The number of halogens is 6. The van der Waals surface area contributed by atoms with Crippen molar-refractivity contribution in [2.45, 2.75) is 25.2 Å². The van der Waals surface area contributed by atoms with Crippen molar-refractivity contribution in [3.8, 4) is 0 Å². The summed E-state index contributed by atoms with van der Waals surface area (Å²) in [7, 11) is 3.46. The lowest BCUT2D eigenvalue weighted by molar-refractivity contribution is -0.138. The zero-order valence-corrected chi connectivity index (χ0v) is 18.7. The quantitative estimate of drug-likeness (QED) is 0.523. The van der Waals surface area contributed by atoms with Gasteiger partial charge in [0.2, 0.25) is 5.95 Å². The molecule has 7 nitrogen and oxygen atoms in total. The molecule has 0 fully saturated rings. The number of anilines is 4. The van der Waals surface area contributed by atoms with Gasteiger partial charge >= 0.3 is 12.4 Å². The Balaban J connectivity index is 1.66. The molecule has 0 radical (unpaired) electrons. The molecule has 0 saturated carbocycles. The van der Waals surface area contributed by atoms with E-state index in [0.29, 0.717) is 35.9 Å². The first-order valence-corrected chi connectivity index (χ1v) is 10.6. The molecule has 186 valence electrons. The molecule has 4 heterocycles. The van der Waals surface area contributed by atoms with Crippen molar-refractivity contribution in [1.82, 2.24) is 19.9 Å². The van der Waals surface area contributed by atoms with Crippen LogP contribution in [0.4, 0.5) is 49.7 Å². The standard InChI is InChI=1S/C22H21F6N7/c1-34(2)20-31-16-8-11-35(19-15(22(26,27)28)4-3-9-29-19)10-7-14(16)18(33-20)32-17-6-5-13(12-30-17)21(23,24)25/h3-6,9,12H,7-8,10-11H2,1-2H3,(H,30,31,32,33). The van der Waals surface area contributed by atoms with Crippen molar-refractivity contribution < 1.29 is 26.3 Å². The predicted octanol–water partition coefficient (Wildman–Crippen LogP) is 4.72. The Morgan fingerprint density at radius 2 is 1.66 bits per heavy atom. The molecule has 1 aliphatic heterocycles. The first-order chi connectivity index (χ1) is 16.4. The summed E-state index contributed by atoms with van der Waals surface area (Å²) in [5.41, 5.74) is -0.419. The van der Waals surface area contributed by atoms with Gasteiger partial charge in [-0.2, -0.15) is 31.3 Å². The third kappa shape index (κ3) is 5.38. The van der Waals surface area contributed by atoms with Crippen LogP contribution in [0, 0.1) is 0 Å². The van der Waals surface area contributed by atoms with E-state index in [1.807, 2.05) is 0 Å². The van der Waals surface area contributed by atoms with Gasteiger partial charge in [0.25, 0.3) is 0 Å². The van der Waals surface area contributed by atoms with Gasteiger partial charge in [0.15, 0.2) is 0 Å². The second-order valence-corrected chi connectivity index (χ2v) is 8.11. The molecule has 3 aromatic rings. The zero-order chi connectivity index (χ0) is 25.4. The molecular formula is C22H21F6N7.